The Morgan fingerprint density at radius 1 is 1.52 bits per heavy atom. The van der Waals surface area contributed by atoms with E-state index in [1.165, 1.54) is 0 Å². The largest absolute Gasteiger partial charge is 0.444 e. The molecule has 2 heterocycles. The van der Waals surface area contributed by atoms with Gasteiger partial charge in [-0.2, -0.15) is 0 Å². The van der Waals surface area contributed by atoms with Crippen LogP contribution >= 0.6 is 0 Å². The molecule has 1 saturated heterocycles. The molecule has 0 bridgehead atoms. The molecule has 1 aromatic rings. The highest BCUT2D eigenvalue weighted by Gasteiger charge is 2.32. The lowest BCUT2D eigenvalue weighted by Crippen LogP contribution is -2.50. The second-order valence-electron chi connectivity index (χ2n) is 6.29. The average molecular weight is 291 g/mol. The molecule has 1 N–H and O–H groups in total. The normalized spacial score (nSPS) is 19.4. The molecule has 0 saturated carbocycles. The first kappa shape index (κ1) is 15.8. The molecule has 21 heavy (non-hydrogen) atoms. The highest BCUT2D eigenvalue weighted by molar-refractivity contribution is 5.69. The molecule has 2 rings (SSSR count). The molecule has 116 valence electrons. The van der Waals surface area contributed by atoms with E-state index in [9.17, 15) is 4.79 Å². The molecule has 1 aliphatic rings. The molecule has 1 atom stereocenters. The van der Waals surface area contributed by atoms with E-state index < -0.39 is 5.60 Å². The van der Waals surface area contributed by atoms with E-state index >= 15 is 0 Å². The van der Waals surface area contributed by atoms with Crippen molar-refractivity contribution in [2.24, 2.45) is 0 Å². The van der Waals surface area contributed by atoms with Crippen molar-refractivity contribution in [2.45, 2.75) is 45.8 Å². The second-order valence-corrected chi connectivity index (χ2v) is 6.29. The third kappa shape index (κ3) is 3.94. The van der Waals surface area contributed by atoms with Crippen molar-refractivity contribution < 1.29 is 9.53 Å². The van der Waals surface area contributed by atoms with Gasteiger partial charge in [0, 0.05) is 31.5 Å². The van der Waals surface area contributed by atoms with Gasteiger partial charge in [0.25, 0.3) is 0 Å². The minimum atomic E-state index is -0.477. The monoisotopic (exact) mass is 291 g/mol. The number of nitrogens with one attached hydrogen (secondary N) is 1. The van der Waals surface area contributed by atoms with Crippen LogP contribution in [-0.2, 0) is 11.2 Å². The number of carbonyl (C=O) groups is 1. The van der Waals surface area contributed by atoms with Crippen molar-refractivity contribution in [3.05, 3.63) is 29.6 Å². The number of hydrogen-bond donors (Lipinski definition) is 1. The summed E-state index contributed by atoms with van der Waals surface area (Å²) in [5.41, 5.74) is 1.67. The van der Waals surface area contributed by atoms with Crippen LogP contribution in [-0.4, -0.2) is 41.2 Å². The summed E-state index contributed by atoms with van der Waals surface area (Å²) in [5, 5.41) is 3.36. The summed E-state index contributed by atoms with van der Waals surface area (Å²) in [5.74, 6) is 0. The van der Waals surface area contributed by atoms with Crippen LogP contribution in [0.3, 0.4) is 0 Å². The minimum absolute atomic E-state index is 0.0164. The quantitative estimate of drug-likeness (QED) is 0.909. The Bertz CT molecular complexity index is 497. The number of hydrogen-bond acceptors (Lipinski definition) is 4. The number of carbonyl (C=O) groups excluding carboxylic acids is 1. The summed E-state index contributed by atoms with van der Waals surface area (Å²) in [6.45, 7) is 9.93. The van der Waals surface area contributed by atoms with Crippen LogP contribution in [0.15, 0.2) is 18.3 Å². The fourth-order valence-electron chi connectivity index (χ4n) is 2.57. The van der Waals surface area contributed by atoms with Crippen LogP contribution in [0.4, 0.5) is 4.79 Å². The second kappa shape index (κ2) is 6.43. The number of nitrogens with zero attached hydrogens (tertiary/aromatic N) is 2. The Labute approximate surface area is 126 Å². The third-order valence-electron chi connectivity index (χ3n) is 3.49. The van der Waals surface area contributed by atoms with Gasteiger partial charge in [-0.1, -0.05) is 13.0 Å². The van der Waals surface area contributed by atoms with E-state index in [2.05, 4.69) is 23.3 Å². The van der Waals surface area contributed by atoms with E-state index in [1.807, 2.05) is 31.7 Å². The third-order valence-corrected chi connectivity index (χ3v) is 3.49. The van der Waals surface area contributed by atoms with Crippen molar-refractivity contribution in [3.8, 4) is 0 Å². The zero-order valence-electron chi connectivity index (χ0n) is 13.3. The topological polar surface area (TPSA) is 54.5 Å². The van der Waals surface area contributed by atoms with Gasteiger partial charge < -0.3 is 10.1 Å². The first-order valence-corrected chi connectivity index (χ1v) is 7.56. The van der Waals surface area contributed by atoms with Gasteiger partial charge in [0.1, 0.15) is 5.60 Å². The van der Waals surface area contributed by atoms with Gasteiger partial charge in [-0.15, -0.1) is 0 Å². The Morgan fingerprint density at radius 2 is 2.29 bits per heavy atom. The lowest BCUT2D eigenvalue weighted by Gasteiger charge is -2.37. The molecule has 0 spiro atoms. The molecule has 0 aliphatic carbocycles. The van der Waals surface area contributed by atoms with Crippen LogP contribution in [0.5, 0.6) is 0 Å². The summed E-state index contributed by atoms with van der Waals surface area (Å²) in [6, 6.07) is 3.97. The summed E-state index contributed by atoms with van der Waals surface area (Å²) >= 11 is 0. The summed E-state index contributed by atoms with van der Waals surface area (Å²) in [6.07, 6.45) is 2.41. The van der Waals surface area contributed by atoms with Gasteiger partial charge >= 0.3 is 6.09 Å². The zero-order chi connectivity index (χ0) is 15.5. The minimum Gasteiger partial charge on any atom is -0.444 e. The zero-order valence-corrected chi connectivity index (χ0v) is 13.3. The number of ether oxygens (including phenoxy) is 1. The molecule has 0 radical (unpaired) electrons. The lowest BCUT2D eigenvalue weighted by molar-refractivity contribution is 0.0117. The van der Waals surface area contributed by atoms with E-state index in [0.717, 1.165) is 30.8 Å². The summed E-state index contributed by atoms with van der Waals surface area (Å²) in [7, 11) is 0. The van der Waals surface area contributed by atoms with Crippen LogP contribution in [0.2, 0.25) is 0 Å². The standard InChI is InChI=1S/C16H25N3O2/c1-5-13-12(7-6-8-18-13)14-11-17-9-10-19(14)15(20)21-16(2,3)4/h6-8,14,17H,5,9-11H2,1-4H3. The van der Waals surface area contributed by atoms with Crippen molar-refractivity contribution in [1.82, 2.24) is 15.2 Å². The lowest BCUT2D eigenvalue weighted by atomic mass is 10.0. The van der Waals surface area contributed by atoms with Gasteiger partial charge in [-0.05, 0) is 38.8 Å². The highest BCUT2D eigenvalue weighted by atomic mass is 16.6. The van der Waals surface area contributed by atoms with Crippen molar-refractivity contribution in [3.63, 3.8) is 0 Å². The van der Waals surface area contributed by atoms with Crippen LogP contribution in [0.1, 0.15) is 45.0 Å². The summed E-state index contributed by atoms with van der Waals surface area (Å²) in [4.78, 5) is 18.7. The number of aromatic nitrogens is 1. The van der Waals surface area contributed by atoms with Crippen molar-refractivity contribution >= 4 is 6.09 Å². The molecule has 1 fully saturated rings. The predicted octanol–water partition coefficient (Wildman–Crippen LogP) is 2.53. The molecular formula is C16H25N3O2. The van der Waals surface area contributed by atoms with Gasteiger partial charge in [0.2, 0.25) is 0 Å². The van der Waals surface area contributed by atoms with E-state index in [0.29, 0.717) is 6.54 Å². The van der Waals surface area contributed by atoms with Crippen LogP contribution in [0, 0.1) is 0 Å². The average Bonchev–Trinajstić information content (AvgIpc) is 2.45. The first-order chi connectivity index (χ1) is 9.92. The molecule has 1 aromatic heterocycles. The number of amides is 1. The van der Waals surface area contributed by atoms with Gasteiger partial charge in [0.05, 0.1) is 6.04 Å². The van der Waals surface area contributed by atoms with Crippen LogP contribution in [0.25, 0.3) is 0 Å². The Morgan fingerprint density at radius 3 is 2.95 bits per heavy atom. The number of pyridine rings is 1. The SMILES string of the molecule is CCc1ncccc1C1CNCCN1C(=O)OC(C)(C)C. The molecule has 1 unspecified atom stereocenters. The van der Waals surface area contributed by atoms with Gasteiger partial charge in [-0.3, -0.25) is 9.88 Å². The Balaban J connectivity index is 2.25. The fraction of sp³-hybridized carbons (Fsp3) is 0.625. The van der Waals surface area contributed by atoms with E-state index in [-0.39, 0.29) is 12.1 Å². The Kier molecular flexibility index (Phi) is 4.83. The number of rotatable bonds is 2. The molecule has 1 amide bonds. The van der Waals surface area contributed by atoms with E-state index in [1.54, 1.807) is 6.20 Å². The predicted molar refractivity (Wildman–Crippen MR) is 82.2 cm³/mol. The highest BCUT2D eigenvalue weighted by Crippen LogP contribution is 2.26. The molecule has 0 aromatic carbocycles. The first-order valence-electron chi connectivity index (χ1n) is 7.56. The molecule has 5 nitrogen and oxygen atoms in total. The summed E-state index contributed by atoms with van der Waals surface area (Å²) < 4.78 is 5.54. The van der Waals surface area contributed by atoms with Gasteiger partial charge in [0.15, 0.2) is 0 Å². The fourth-order valence-corrected chi connectivity index (χ4v) is 2.57. The Hall–Kier alpha value is -1.62. The molecular weight excluding hydrogens is 266 g/mol. The maximum absolute atomic E-state index is 12.5. The maximum Gasteiger partial charge on any atom is 0.410 e. The van der Waals surface area contributed by atoms with E-state index in [4.69, 9.17) is 4.74 Å². The van der Waals surface area contributed by atoms with Crippen LogP contribution < -0.4 is 5.32 Å². The maximum atomic E-state index is 12.5. The number of aryl methyl sites for hydroxylation is 1. The molecule has 5 heteroatoms. The van der Waals surface area contributed by atoms with Crippen molar-refractivity contribution in [1.29, 1.82) is 0 Å². The van der Waals surface area contributed by atoms with Crippen molar-refractivity contribution in [2.75, 3.05) is 19.6 Å². The molecule has 1 aliphatic heterocycles. The smallest absolute Gasteiger partial charge is 0.410 e. The van der Waals surface area contributed by atoms with Gasteiger partial charge in [-0.25, -0.2) is 4.79 Å². The number of piperazine rings is 1.